The molecule has 0 aromatic heterocycles. The van der Waals surface area contributed by atoms with E-state index in [0.717, 1.165) is 31.3 Å². The molecule has 4 nitrogen and oxygen atoms in total. The van der Waals surface area contributed by atoms with Gasteiger partial charge in [0.2, 0.25) is 0 Å². The summed E-state index contributed by atoms with van der Waals surface area (Å²) in [6.45, 7) is 8.79. The molecule has 1 aromatic rings. The van der Waals surface area contributed by atoms with Crippen LogP contribution >= 0.6 is 0 Å². The molecule has 6 atom stereocenters. The number of carbonyl (C=O) groups is 1. The fourth-order valence-corrected chi connectivity index (χ4v) is 5.53. The van der Waals surface area contributed by atoms with Gasteiger partial charge in [0, 0.05) is 18.4 Å². The number of ether oxygens (including phenoxy) is 2. The van der Waals surface area contributed by atoms with E-state index in [4.69, 9.17) is 9.47 Å². The Hall–Kier alpha value is -1.65. The molecule has 2 saturated carbocycles. The van der Waals surface area contributed by atoms with Crippen LogP contribution in [0.5, 0.6) is 0 Å². The minimum absolute atomic E-state index is 0.0372. The van der Waals surface area contributed by atoms with Crippen LogP contribution in [-0.4, -0.2) is 37.0 Å². The number of aliphatic hydroxyl groups is 1. The third-order valence-electron chi connectivity index (χ3n) is 6.81. The molecule has 0 amide bonds. The standard InChI is InChI=1S/C23H32O4/c1-15(2)18-12-13-23(14-26-4)19(11-10-16(3)20(23)21(18)24)27-22(25)17-8-6-5-7-9-17/h5-9,16,18-21,24H,1,10-14H2,2-4H3/t16?,18-,19+,20+,21+,23+/m0/s1. The Morgan fingerprint density at radius 1 is 1.26 bits per heavy atom. The molecule has 1 aromatic carbocycles. The van der Waals surface area contributed by atoms with Gasteiger partial charge in [-0.3, -0.25) is 0 Å². The first kappa shape index (κ1) is 20.1. The second kappa shape index (κ2) is 8.15. The third-order valence-corrected chi connectivity index (χ3v) is 6.81. The quantitative estimate of drug-likeness (QED) is 0.620. The smallest absolute Gasteiger partial charge is 0.338 e. The average Bonchev–Trinajstić information content (AvgIpc) is 2.64. The number of rotatable bonds is 5. The maximum atomic E-state index is 12.7. The minimum atomic E-state index is -0.473. The first-order valence-corrected chi connectivity index (χ1v) is 9.99. The number of carbonyl (C=O) groups excluding carboxylic acids is 1. The number of hydrogen-bond donors (Lipinski definition) is 1. The summed E-state index contributed by atoms with van der Waals surface area (Å²) in [5.74, 6) is 0.200. The van der Waals surface area contributed by atoms with E-state index in [1.807, 2.05) is 25.1 Å². The highest BCUT2D eigenvalue weighted by Gasteiger charge is 2.58. The number of hydrogen-bond acceptors (Lipinski definition) is 4. The molecule has 0 aliphatic heterocycles. The normalized spacial score (nSPS) is 35.9. The van der Waals surface area contributed by atoms with Gasteiger partial charge in [0.1, 0.15) is 6.10 Å². The highest BCUT2D eigenvalue weighted by Crippen LogP contribution is 2.56. The van der Waals surface area contributed by atoms with E-state index >= 15 is 0 Å². The molecule has 0 radical (unpaired) electrons. The van der Waals surface area contributed by atoms with Crippen molar-refractivity contribution in [3.8, 4) is 0 Å². The van der Waals surface area contributed by atoms with Crippen LogP contribution < -0.4 is 0 Å². The van der Waals surface area contributed by atoms with Crippen LogP contribution in [0.1, 0.15) is 49.9 Å². The first-order chi connectivity index (χ1) is 12.9. The van der Waals surface area contributed by atoms with Crippen molar-refractivity contribution < 1.29 is 19.4 Å². The summed E-state index contributed by atoms with van der Waals surface area (Å²) < 4.78 is 11.7. The van der Waals surface area contributed by atoms with Gasteiger partial charge in [0.15, 0.2) is 0 Å². The molecule has 3 rings (SSSR count). The molecule has 148 valence electrons. The van der Waals surface area contributed by atoms with E-state index in [2.05, 4.69) is 13.5 Å². The molecule has 0 saturated heterocycles. The van der Waals surface area contributed by atoms with Crippen LogP contribution in [0.15, 0.2) is 42.5 Å². The monoisotopic (exact) mass is 372 g/mol. The van der Waals surface area contributed by atoms with E-state index in [0.29, 0.717) is 18.1 Å². The van der Waals surface area contributed by atoms with Crippen molar-refractivity contribution in [3.05, 3.63) is 48.0 Å². The van der Waals surface area contributed by atoms with Gasteiger partial charge in [-0.1, -0.05) is 37.3 Å². The van der Waals surface area contributed by atoms with Gasteiger partial charge in [-0.15, -0.1) is 0 Å². The summed E-state index contributed by atoms with van der Waals surface area (Å²) >= 11 is 0. The van der Waals surface area contributed by atoms with Gasteiger partial charge in [-0.05, 0) is 56.6 Å². The molecule has 2 fully saturated rings. The zero-order chi connectivity index (χ0) is 19.6. The van der Waals surface area contributed by atoms with Crippen molar-refractivity contribution in [1.82, 2.24) is 0 Å². The van der Waals surface area contributed by atoms with Crippen LogP contribution in [-0.2, 0) is 9.47 Å². The maximum absolute atomic E-state index is 12.7. The Morgan fingerprint density at radius 3 is 2.59 bits per heavy atom. The lowest BCUT2D eigenvalue weighted by Gasteiger charge is -2.57. The van der Waals surface area contributed by atoms with Gasteiger partial charge < -0.3 is 14.6 Å². The molecule has 2 aliphatic carbocycles. The molecule has 0 heterocycles. The van der Waals surface area contributed by atoms with E-state index in [1.165, 1.54) is 0 Å². The predicted molar refractivity (Wildman–Crippen MR) is 105 cm³/mol. The Bertz CT molecular complexity index is 670. The van der Waals surface area contributed by atoms with Crippen LogP contribution in [0.3, 0.4) is 0 Å². The van der Waals surface area contributed by atoms with E-state index < -0.39 is 6.10 Å². The lowest BCUT2D eigenvalue weighted by Crippen LogP contribution is -2.60. The fourth-order valence-electron chi connectivity index (χ4n) is 5.53. The second-order valence-corrected chi connectivity index (χ2v) is 8.49. The molecule has 27 heavy (non-hydrogen) atoms. The van der Waals surface area contributed by atoms with Gasteiger partial charge >= 0.3 is 5.97 Å². The molecule has 1 N–H and O–H groups in total. The van der Waals surface area contributed by atoms with Crippen LogP contribution in [0.25, 0.3) is 0 Å². The Labute approximate surface area is 162 Å². The molecule has 1 unspecified atom stereocenters. The van der Waals surface area contributed by atoms with Crippen molar-refractivity contribution in [3.63, 3.8) is 0 Å². The van der Waals surface area contributed by atoms with E-state index in [1.54, 1.807) is 19.2 Å². The van der Waals surface area contributed by atoms with Crippen molar-refractivity contribution >= 4 is 5.97 Å². The minimum Gasteiger partial charge on any atom is -0.458 e. The zero-order valence-electron chi connectivity index (χ0n) is 16.7. The number of esters is 1. The molecular formula is C23H32O4. The fraction of sp³-hybridized carbons (Fsp3) is 0.609. The Kier molecular flexibility index (Phi) is 6.07. The summed E-state index contributed by atoms with van der Waals surface area (Å²) in [6, 6.07) is 9.13. The zero-order valence-corrected chi connectivity index (χ0v) is 16.7. The summed E-state index contributed by atoms with van der Waals surface area (Å²) in [5, 5.41) is 11.2. The van der Waals surface area contributed by atoms with Crippen molar-refractivity contribution in [2.75, 3.05) is 13.7 Å². The van der Waals surface area contributed by atoms with E-state index in [-0.39, 0.29) is 29.3 Å². The number of fused-ring (bicyclic) bond motifs is 1. The van der Waals surface area contributed by atoms with Crippen molar-refractivity contribution in [2.24, 2.45) is 23.2 Å². The topological polar surface area (TPSA) is 55.8 Å². The van der Waals surface area contributed by atoms with Crippen molar-refractivity contribution in [2.45, 2.75) is 51.7 Å². The summed E-state index contributed by atoms with van der Waals surface area (Å²) in [5.41, 5.74) is 1.25. The van der Waals surface area contributed by atoms with Gasteiger partial charge in [-0.2, -0.15) is 0 Å². The maximum Gasteiger partial charge on any atom is 0.338 e. The summed E-state index contributed by atoms with van der Waals surface area (Å²) in [6.07, 6.45) is 2.75. The van der Waals surface area contributed by atoms with E-state index in [9.17, 15) is 9.90 Å². The van der Waals surface area contributed by atoms with Gasteiger partial charge in [0.05, 0.1) is 18.3 Å². The number of benzene rings is 1. The summed E-state index contributed by atoms with van der Waals surface area (Å²) in [4.78, 5) is 12.7. The highest BCUT2D eigenvalue weighted by molar-refractivity contribution is 5.89. The molecule has 0 bridgehead atoms. The lowest BCUT2D eigenvalue weighted by atomic mass is 9.51. The van der Waals surface area contributed by atoms with Crippen molar-refractivity contribution in [1.29, 1.82) is 0 Å². The molecule has 4 heteroatoms. The third kappa shape index (κ3) is 3.70. The Morgan fingerprint density at radius 2 is 1.96 bits per heavy atom. The number of methoxy groups -OCH3 is 1. The highest BCUT2D eigenvalue weighted by atomic mass is 16.5. The molecular weight excluding hydrogens is 340 g/mol. The summed E-state index contributed by atoms with van der Waals surface area (Å²) in [7, 11) is 1.69. The average molecular weight is 373 g/mol. The lowest BCUT2D eigenvalue weighted by molar-refractivity contribution is -0.182. The first-order valence-electron chi connectivity index (χ1n) is 9.99. The van der Waals surface area contributed by atoms with Crippen LogP contribution in [0.2, 0.25) is 0 Å². The van der Waals surface area contributed by atoms with Gasteiger partial charge in [0.25, 0.3) is 0 Å². The number of aliphatic hydroxyl groups excluding tert-OH is 1. The molecule has 0 spiro atoms. The molecule has 2 aliphatic rings. The SMILES string of the molecule is C=C(C)[C@@H]1CC[C@]2(COC)[C@H](C(C)CC[C@H]2OC(=O)c2ccccc2)[C@@H]1O. The van der Waals surface area contributed by atoms with Crippen LogP contribution in [0, 0.1) is 23.2 Å². The largest absolute Gasteiger partial charge is 0.458 e. The van der Waals surface area contributed by atoms with Gasteiger partial charge in [-0.25, -0.2) is 4.79 Å². The second-order valence-electron chi connectivity index (χ2n) is 8.49. The Balaban J connectivity index is 1.90. The van der Waals surface area contributed by atoms with Crippen LogP contribution in [0.4, 0.5) is 0 Å². The predicted octanol–water partition coefficient (Wildman–Crippen LogP) is 4.24.